The van der Waals surface area contributed by atoms with Crippen LogP contribution in [0.15, 0.2) is 48.5 Å². The van der Waals surface area contributed by atoms with Gasteiger partial charge in [-0.25, -0.2) is 0 Å². The van der Waals surface area contributed by atoms with Gasteiger partial charge in [0.25, 0.3) is 5.91 Å². The number of amides is 2. The van der Waals surface area contributed by atoms with Crippen molar-refractivity contribution >= 4 is 35.6 Å². The predicted octanol–water partition coefficient (Wildman–Crippen LogP) is 3.68. The second kappa shape index (κ2) is 10.1. The van der Waals surface area contributed by atoms with E-state index in [0.29, 0.717) is 23.5 Å². The third-order valence-electron chi connectivity index (χ3n) is 5.06. The van der Waals surface area contributed by atoms with Crippen LogP contribution in [-0.4, -0.2) is 25.5 Å². The minimum Gasteiger partial charge on any atom is -0.497 e. The van der Waals surface area contributed by atoms with Crippen molar-refractivity contribution in [2.45, 2.75) is 19.3 Å². The highest BCUT2D eigenvalue weighted by molar-refractivity contribution is 6.04. The number of halogens is 1. The monoisotopic (exact) mass is 403 g/mol. The minimum atomic E-state index is -0.211. The van der Waals surface area contributed by atoms with E-state index in [9.17, 15) is 9.59 Å². The Hall–Kier alpha value is -2.57. The van der Waals surface area contributed by atoms with E-state index in [0.717, 1.165) is 25.0 Å². The lowest BCUT2D eigenvalue weighted by atomic mass is 9.95. The average Bonchev–Trinajstić information content (AvgIpc) is 3.18. The number of carbonyl (C=O) groups excluding carboxylic acids is 2. The van der Waals surface area contributed by atoms with Gasteiger partial charge in [-0.15, -0.1) is 12.4 Å². The molecular weight excluding hydrogens is 378 g/mol. The molecule has 1 saturated carbocycles. The van der Waals surface area contributed by atoms with Crippen molar-refractivity contribution in [3.05, 3.63) is 54.1 Å². The van der Waals surface area contributed by atoms with E-state index in [1.807, 2.05) is 0 Å². The van der Waals surface area contributed by atoms with Crippen molar-refractivity contribution in [3.63, 3.8) is 0 Å². The maximum absolute atomic E-state index is 12.4. The Morgan fingerprint density at radius 1 is 1.00 bits per heavy atom. The molecule has 0 radical (unpaired) electrons. The lowest BCUT2D eigenvalue weighted by molar-refractivity contribution is -0.120. The maximum Gasteiger partial charge on any atom is 0.255 e. The first-order valence-electron chi connectivity index (χ1n) is 9.17. The van der Waals surface area contributed by atoms with Gasteiger partial charge >= 0.3 is 0 Å². The third kappa shape index (κ3) is 5.24. The summed E-state index contributed by atoms with van der Waals surface area (Å²) in [5, 5.41) is 5.77. The van der Waals surface area contributed by atoms with Gasteiger partial charge < -0.3 is 21.1 Å². The molecule has 150 valence electrons. The zero-order valence-corrected chi connectivity index (χ0v) is 16.6. The molecule has 4 N–H and O–H groups in total. The second-order valence-electron chi connectivity index (χ2n) is 6.78. The molecular formula is C21H26ClN3O3. The summed E-state index contributed by atoms with van der Waals surface area (Å²) in [7, 11) is 1.59. The summed E-state index contributed by atoms with van der Waals surface area (Å²) < 4.78 is 5.10. The molecule has 0 aromatic heterocycles. The first kappa shape index (κ1) is 21.7. The van der Waals surface area contributed by atoms with Crippen LogP contribution in [0, 0.1) is 11.8 Å². The largest absolute Gasteiger partial charge is 0.497 e. The normalized spacial score (nSPS) is 18.1. The summed E-state index contributed by atoms with van der Waals surface area (Å²) in [6, 6.07) is 14.0. The van der Waals surface area contributed by atoms with Crippen LogP contribution in [0.2, 0.25) is 0 Å². The molecule has 7 heteroatoms. The molecule has 1 aliphatic rings. The Kier molecular flexibility index (Phi) is 7.84. The number of nitrogens with two attached hydrogens (primary N) is 1. The standard InChI is InChI=1S/C21H25N3O3.ClH/c1-27-18-11-9-17(10-12-18)23-20(25)14-5-7-16(8-6-14)24-21(26)19-4-2-3-15(19)13-22;/h5-12,15,19H,2-4,13,22H2,1H3,(H,23,25)(H,24,26);1H/t15-,19-;/m1./s1. The van der Waals surface area contributed by atoms with Gasteiger partial charge in [0, 0.05) is 22.9 Å². The van der Waals surface area contributed by atoms with Gasteiger partial charge in [-0.05, 0) is 73.8 Å². The summed E-state index contributed by atoms with van der Waals surface area (Å²) in [5.41, 5.74) is 7.65. The fourth-order valence-corrected chi connectivity index (χ4v) is 3.48. The van der Waals surface area contributed by atoms with E-state index < -0.39 is 0 Å². The summed E-state index contributed by atoms with van der Waals surface area (Å²) >= 11 is 0. The molecule has 28 heavy (non-hydrogen) atoms. The van der Waals surface area contributed by atoms with Gasteiger partial charge in [-0.2, -0.15) is 0 Å². The molecule has 0 spiro atoms. The van der Waals surface area contributed by atoms with Gasteiger partial charge in [0.05, 0.1) is 7.11 Å². The van der Waals surface area contributed by atoms with E-state index in [1.165, 1.54) is 0 Å². The molecule has 2 aromatic rings. The summed E-state index contributed by atoms with van der Waals surface area (Å²) in [5.74, 6) is 0.773. The molecule has 1 aliphatic carbocycles. The van der Waals surface area contributed by atoms with Crippen molar-refractivity contribution < 1.29 is 14.3 Å². The average molecular weight is 404 g/mol. The van der Waals surface area contributed by atoms with E-state index in [2.05, 4.69) is 10.6 Å². The fraction of sp³-hybridized carbons (Fsp3) is 0.333. The Morgan fingerprint density at radius 3 is 2.21 bits per heavy atom. The van der Waals surface area contributed by atoms with E-state index in [4.69, 9.17) is 10.5 Å². The Bertz CT molecular complexity index is 794. The van der Waals surface area contributed by atoms with Gasteiger partial charge in [-0.3, -0.25) is 9.59 Å². The molecule has 6 nitrogen and oxygen atoms in total. The zero-order chi connectivity index (χ0) is 19.2. The Balaban J connectivity index is 0.00000280. The van der Waals surface area contributed by atoms with Crippen molar-refractivity contribution in [1.29, 1.82) is 0 Å². The highest BCUT2D eigenvalue weighted by Crippen LogP contribution is 2.31. The lowest BCUT2D eigenvalue weighted by Crippen LogP contribution is -2.29. The zero-order valence-electron chi connectivity index (χ0n) is 15.8. The molecule has 2 aromatic carbocycles. The first-order chi connectivity index (χ1) is 13.1. The number of ether oxygens (including phenoxy) is 1. The van der Waals surface area contributed by atoms with Gasteiger partial charge in [0.2, 0.25) is 5.91 Å². The predicted molar refractivity (Wildman–Crippen MR) is 113 cm³/mol. The molecule has 2 amide bonds. The van der Waals surface area contributed by atoms with Crippen LogP contribution in [0.4, 0.5) is 11.4 Å². The fourth-order valence-electron chi connectivity index (χ4n) is 3.48. The molecule has 0 bridgehead atoms. The number of hydrogen-bond donors (Lipinski definition) is 3. The SMILES string of the molecule is COc1ccc(NC(=O)c2ccc(NC(=O)[C@@H]3CCC[C@@H]3CN)cc2)cc1.Cl. The molecule has 0 aliphatic heterocycles. The van der Waals surface area contributed by atoms with E-state index in [1.54, 1.807) is 55.6 Å². The second-order valence-corrected chi connectivity index (χ2v) is 6.78. The Labute approximate surface area is 171 Å². The smallest absolute Gasteiger partial charge is 0.255 e. The third-order valence-corrected chi connectivity index (χ3v) is 5.06. The van der Waals surface area contributed by atoms with Crippen molar-refractivity contribution in [2.24, 2.45) is 17.6 Å². The van der Waals surface area contributed by atoms with Gasteiger partial charge in [0.15, 0.2) is 0 Å². The highest BCUT2D eigenvalue weighted by Gasteiger charge is 2.31. The molecule has 2 atom stereocenters. The maximum atomic E-state index is 12.4. The highest BCUT2D eigenvalue weighted by atomic mass is 35.5. The van der Waals surface area contributed by atoms with Gasteiger partial charge in [0.1, 0.15) is 5.75 Å². The number of nitrogens with one attached hydrogen (secondary N) is 2. The number of methoxy groups -OCH3 is 1. The number of benzene rings is 2. The van der Waals surface area contributed by atoms with Crippen LogP contribution in [0.3, 0.4) is 0 Å². The Morgan fingerprint density at radius 2 is 1.61 bits per heavy atom. The molecule has 1 fully saturated rings. The molecule has 3 rings (SSSR count). The van der Waals surface area contributed by atoms with Crippen LogP contribution in [0.1, 0.15) is 29.6 Å². The summed E-state index contributed by atoms with van der Waals surface area (Å²) in [6.45, 7) is 0.544. The van der Waals surface area contributed by atoms with Crippen molar-refractivity contribution in [2.75, 3.05) is 24.3 Å². The molecule has 0 heterocycles. The quantitative estimate of drug-likeness (QED) is 0.685. The summed E-state index contributed by atoms with van der Waals surface area (Å²) in [4.78, 5) is 24.8. The molecule has 0 saturated heterocycles. The van der Waals surface area contributed by atoms with Crippen LogP contribution in [0.25, 0.3) is 0 Å². The van der Waals surface area contributed by atoms with E-state index >= 15 is 0 Å². The number of anilines is 2. The molecule has 0 unspecified atom stereocenters. The number of carbonyl (C=O) groups is 2. The number of rotatable bonds is 6. The van der Waals surface area contributed by atoms with Crippen LogP contribution >= 0.6 is 12.4 Å². The van der Waals surface area contributed by atoms with Crippen molar-refractivity contribution in [3.8, 4) is 5.75 Å². The minimum absolute atomic E-state index is 0. The van der Waals surface area contributed by atoms with Crippen LogP contribution < -0.4 is 21.1 Å². The topological polar surface area (TPSA) is 93.5 Å². The number of hydrogen-bond acceptors (Lipinski definition) is 4. The van der Waals surface area contributed by atoms with Crippen molar-refractivity contribution in [1.82, 2.24) is 0 Å². The van der Waals surface area contributed by atoms with Gasteiger partial charge in [-0.1, -0.05) is 6.42 Å². The van der Waals surface area contributed by atoms with E-state index in [-0.39, 0.29) is 36.1 Å². The van der Waals surface area contributed by atoms with Crippen LogP contribution in [-0.2, 0) is 4.79 Å². The lowest BCUT2D eigenvalue weighted by Gasteiger charge is -2.17. The summed E-state index contributed by atoms with van der Waals surface area (Å²) in [6.07, 6.45) is 2.94. The first-order valence-corrected chi connectivity index (χ1v) is 9.17. The van der Waals surface area contributed by atoms with Crippen LogP contribution in [0.5, 0.6) is 5.75 Å².